The van der Waals surface area contributed by atoms with Crippen LogP contribution in [0.1, 0.15) is 93.5 Å². The number of fused-ring (bicyclic) bond motifs is 7. The number of carbonyl (C=O) groups is 3. The highest BCUT2D eigenvalue weighted by Crippen LogP contribution is 2.52. The number of aromatic nitrogens is 2. The van der Waals surface area contributed by atoms with Crippen LogP contribution in [-0.2, 0) is 19.8 Å². The maximum Gasteiger partial charge on any atom is 0.282 e. The number of nitrogens with zero attached hydrogens (tertiary/aromatic N) is 6. The Hall–Kier alpha value is -4.68. The third-order valence-electron chi connectivity index (χ3n) is 14.1. The average Bonchev–Trinajstić information content (AvgIpc) is 3.76. The molecule has 1 atom stereocenters. The lowest BCUT2D eigenvalue weighted by molar-refractivity contribution is -0.135. The van der Waals surface area contributed by atoms with Crippen LogP contribution in [0.2, 0.25) is 5.02 Å². The van der Waals surface area contributed by atoms with E-state index in [1.165, 1.54) is 17.5 Å². The second-order valence-corrected chi connectivity index (χ2v) is 17.9. The van der Waals surface area contributed by atoms with Gasteiger partial charge in [-0.1, -0.05) is 49.1 Å². The lowest BCUT2D eigenvalue weighted by Crippen LogP contribution is -2.54. The van der Waals surface area contributed by atoms with Crippen LogP contribution >= 0.6 is 11.6 Å². The third kappa shape index (κ3) is 6.15. The molecule has 0 radical (unpaired) electrons. The zero-order valence-corrected chi connectivity index (χ0v) is 33.3. The van der Waals surface area contributed by atoms with Gasteiger partial charge in [0.05, 0.1) is 32.9 Å². The number of amides is 3. The first-order valence-corrected chi connectivity index (χ1v) is 21.4. The summed E-state index contributed by atoms with van der Waals surface area (Å²) in [5.41, 5.74) is 3.78. The monoisotopic (exact) mass is 808 g/mol. The topological polar surface area (TPSA) is 99.1 Å². The first kappa shape index (κ1) is 37.6. The van der Waals surface area contributed by atoms with E-state index in [0.29, 0.717) is 65.4 Å². The van der Waals surface area contributed by atoms with E-state index in [1.807, 2.05) is 17.0 Å². The molecule has 13 heteroatoms. The second-order valence-electron chi connectivity index (χ2n) is 17.5. The molecule has 4 aromatic rings. The average molecular weight is 809 g/mol. The van der Waals surface area contributed by atoms with E-state index >= 15 is 8.78 Å². The number of carbonyl (C=O) groups excluding carboxylic acids is 3. The molecule has 1 spiro atoms. The molecular weight excluding hydrogens is 762 g/mol. The minimum atomic E-state index is -0.957. The third-order valence-corrected chi connectivity index (χ3v) is 14.4. The van der Waals surface area contributed by atoms with E-state index in [2.05, 4.69) is 27.7 Å². The molecule has 0 bridgehead atoms. The Labute approximate surface area is 340 Å². The Balaban J connectivity index is 0.759. The molecule has 1 saturated carbocycles. The molecule has 1 aromatic heterocycles. The minimum absolute atomic E-state index is 0.0734. The summed E-state index contributed by atoms with van der Waals surface area (Å²) in [4.78, 5) is 63.1. The van der Waals surface area contributed by atoms with E-state index in [9.17, 15) is 19.2 Å². The number of likely N-dealkylation sites (tertiary alicyclic amines) is 2. The Kier molecular flexibility index (Phi) is 9.43. The fourth-order valence-corrected chi connectivity index (χ4v) is 11.3. The van der Waals surface area contributed by atoms with Crippen molar-refractivity contribution in [3.8, 4) is 5.69 Å². The van der Waals surface area contributed by atoms with Gasteiger partial charge in [0.15, 0.2) is 11.6 Å². The molecule has 10 nitrogen and oxygen atoms in total. The number of hydrogen-bond acceptors (Lipinski definition) is 7. The van der Waals surface area contributed by atoms with Crippen molar-refractivity contribution in [1.29, 1.82) is 0 Å². The summed E-state index contributed by atoms with van der Waals surface area (Å²) in [6, 6.07) is 15.0. The number of anilines is 2. The number of halogens is 3. The summed E-state index contributed by atoms with van der Waals surface area (Å²) in [7, 11) is 0. The zero-order chi connectivity index (χ0) is 39.9. The van der Waals surface area contributed by atoms with Crippen LogP contribution in [0.25, 0.3) is 16.6 Å². The van der Waals surface area contributed by atoms with E-state index in [-0.39, 0.29) is 35.6 Å². The van der Waals surface area contributed by atoms with E-state index < -0.39 is 29.1 Å². The second kappa shape index (κ2) is 14.5. The van der Waals surface area contributed by atoms with Crippen LogP contribution in [0.3, 0.4) is 0 Å². The lowest BCUT2D eigenvalue weighted by Gasteiger charge is -2.42. The van der Waals surface area contributed by atoms with Crippen molar-refractivity contribution in [3.05, 3.63) is 92.5 Å². The van der Waals surface area contributed by atoms with Crippen molar-refractivity contribution < 1.29 is 23.2 Å². The Bertz CT molecular complexity index is 2380. The van der Waals surface area contributed by atoms with Gasteiger partial charge in [0.1, 0.15) is 11.5 Å². The SMILES string of the molecule is O=C(C1CN(c2cc(F)c(N3C(=O)CCCC3=O)c(F)c2)C1)N1CC[C@H](CN2CCC(c3ccc4c(c3)-n3c(nc(=O)c5c(Cl)cccc53)C43CCCCC3)CC2)C1. The summed E-state index contributed by atoms with van der Waals surface area (Å²) < 4.78 is 32.5. The maximum absolute atomic E-state index is 15.1. The molecule has 6 heterocycles. The zero-order valence-electron chi connectivity index (χ0n) is 32.5. The van der Waals surface area contributed by atoms with Gasteiger partial charge in [0.25, 0.3) is 5.56 Å². The van der Waals surface area contributed by atoms with Gasteiger partial charge in [-0.2, -0.15) is 4.98 Å². The molecule has 0 unspecified atom stereocenters. The highest BCUT2D eigenvalue weighted by molar-refractivity contribution is 6.35. The smallest absolute Gasteiger partial charge is 0.282 e. The predicted octanol–water partition coefficient (Wildman–Crippen LogP) is 7.09. The lowest BCUT2D eigenvalue weighted by atomic mass is 9.69. The van der Waals surface area contributed by atoms with Crippen LogP contribution in [0, 0.1) is 23.5 Å². The van der Waals surface area contributed by atoms with Crippen molar-refractivity contribution >= 4 is 51.6 Å². The van der Waals surface area contributed by atoms with Crippen LogP contribution in [0.5, 0.6) is 0 Å². The Morgan fingerprint density at radius 3 is 2.29 bits per heavy atom. The molecule has 3 aromatic carbocycles. The standard InChI is InChI=1S/C45H47ClF2N6O4/c46-33-6-4-7-36-40(33)42(57)49-44-45(15-2-1-3-16-45)32-11-10-29(20-37(32)53(36)44)28-13-17-50(18-14-28)23-27-12-19-51(24-27)43(58)30-25-52(26-30)31-21-34(47)41(35(48)22-31)54-38(55)8-5-9-39(54)56/h4,6-7,10-11,20-22,27-28,30H,1-3,5,8-9,12-19,23-26H2/t27-/m1/s1. The van der Waals surface area contributed by atoms with E-state index in [4.69, 9.17) is 16.6 Å². The normalized spacial score (nSPS) is 22.5. The number of hydrogen-bond donors (Lipinski definition) is 0. The Morgan fingerprint density at radius 1 is 0.845 bits per heavy atom. The predicted molar refractivity (Wildman–Crippen MR) is 218 cm³/mol. The molecule has 5 aliphatic heterocycles. The van der Waals surface area contributed by atoms with Crippen molar-refractivity contribution in [1.82, 2.24) is 19.4 Å². The van der Waals surface area contributed by atoms with E-state index in [1.54, 1.807) is 11.0 Å². The van der Waals surface area contributed by atoms with Crippen molar-refractivity contribution in [3.63, 3.8) is 0 Å². The molecule has 4 saturated heterocycles. The molecular formula is C45H47ClF2N6O4. The van der Waals surface area contributed by atoms with Crippen molar-refractivity contribution in [2.75, 3.05) is 55.6 Å². The van der Waals surface area contributed by atoms with Gasteiger partial charge in [0.2, 0.25) is 17.7 Å². The summed E-state index contributed by atoms with van der Waals surface area (Å²) in [5.74, 6) is -1.58. The number of piperidine rings is 2. The number of rotatable bonds is 6. The van der Waals surface area contributed by atoms with Crippen molar-refractivity contribution in [2.45, 2.75) is 82.0 Å². The van der Waals surface area contributed by atoms with Crippen molar-refractivity contribution in [2.24, 2.45) is 11.8 Å². The Morgan fingerprint density at radius 2 is 1.57 bits per heavy atom. The summed E-state index contributed by atoms with van der Waals surface area (Å²) in [5, 5.41) is 0.919. The molecule has 302 valence electrons. The van der Waals surface area contributed by atoms with E-state index in [0.717, 1.165) is 93.7 Å². The first-order valence-electron chi connectivity index (χ1n) is 21.1. The van der Waals surface area contributed by atoms with Gasteiger partial charge in [0, 0.05) is 51.3 Å². The van der Waals surface area contributed by atoms with Crippen LogP contribution in [-0.4, -0.2) is 82.9 Å². The highest BCUT2D eigenvalue weighted by atomic mass is 35.5. The van der Waals surface area contributed by atoms with Gasteiger partial charge in [-0.05, 0) is 105 Å². The van der Waals surface area contributed by atoms with Gasteiger partial charge in [-0.3, -0.25) is 23.7 Å². The summed E-state index contributed by atoms with van der Waals surface area (Å²) >= 11 is 6.59. The van der Waals surface area contributed by atoms with Gasteiger partial charge >= 0.3 is 0 Å². The summed E-state index contributed by atoms with van der Waals surface area (Å²) in [6.07, 6.45) is 8.99. The van der Waals surface area contributed by atoms with Gasteiger partial charge in [-0.25, -0.2) is 13.7 Å². The van der Waals surface area contributed by atoms with Crippen LogP contribution < -0.4 is 15.4 Å². The minimum Gasteiger partial charge on any atom is -0.370 e. The molecule has 5 fully saturated rings. The largest absolute Gasteiger partial charge is 0.370 e. The molecule has 10 rings (SSSR count). The van der Waals surface area contributed by atoms with Gasteiger partial charge in [-0.15, -0.1) is 0 Å². The maximum atomic E-state index is 15.1. The molecule has 6 aliphatic rings. The molecule has 0 N–H and O–H groups in total. The van der Waals surface area contributed by atoms with Crippen LogP contribution in [0.4, 0.5) is 20.2 Å². The van der Waals surface area contributed by atoms with Crippen LogP contribution in [0.15, 0.2) is 53.3 Å². The number of benzene rings is 3. The first-order chi connectivity index (χ1) is 28.1. The summed E-state index contributed by atoms with van der Waals surface area (Å²) in [6.45, 7) is 5.08. The number of imide groups is 1. The fraction of sp³-hybridized carbons (Fsp3) is 0.489. The highest BCUT2D eigenvalue weighted by Gasteiger charge is 2.47. The fourth-order valence-electron chi connectivity index (χ4n) is 11.0. The van der Waals surface area contributed by atoms with Gasteiger partial charge < -0.3 is 14.7 Å². The molecule has 3 amide bonds. The molecule has 1 aliphatic carbocycles. The molecule has 58 heavy (non-hydrogen) atoms. The quantitative estimate of drug-likeness (QED) is 0.192.